The second-order valence-electron chi connectivity index (χ2n) is 2.69. The molecule has 0 bridgehead atoms. The number of benzene rings is 1. The van der Waals surface area contributed by atoms with Gasteiger partial charge in [-0.2, -0.15) is 0 Å². The summed E-state index contributed by atoms with van der Waals surface area (Å²) < 4.78 is 6.36. The first-order valence-electron chi connectivity index (χ1n) is 4.27. The summed E-state index contributed by atoms with van der Waals surface area (Å²) in [5.41, 5.74) is 0.223. The molecule has 0 aliphatic rings. The molecule has 0 radical (unpaired) electrons. The van der Waals surface area contributed by atoms with E-state index < -0.39 is 5.97 Å². The highest BCUT2D eigenvalue weighted by Gasteiger charge is 2.09. The van der Waals surface area contributed by atoms with Gasteiger partial charge in [-0.1, -0.05) is 34.7 Å². The standard InChI is InChI=1S/C10H11IO3/c11-6-3-7-14-9-5-2-1-4-8(9)10(12)13/h1-2,4-5H,3,6-7H2,(H,12,13). The predicted molar refractivity (Wildman–Crippen MR) is 62.4 cm³/mol. The third kappa shape index (κ3) is 3.17. The number of alkyl halides is 1. The number of carboxylic acids is 1. The van der Waals surface area contributed by atoms with E-state index in [2.05, 4.69) is 22.6 Å². The van der Waals surface area contributed by atoms with Gasteiger partial charge in [-0.25, -0.2) is 4.79 Å². The number of ether oxygens (including phenoxy) is 1. The molecule has 0 unspecified atom stereocenters. The maximum Gasteiger partial charge on any atom is 0.339 e. The van der Waals surface area contributed by atoms with Gasteiger partial charge < -0.3 is 9.84 Å². The summed E-state index contributed by atoms with van der Waals surface area (Å²) in [6.07, 6.45) is 0.925. The first kappa shape index (κ1) is 11.3. The largest absolute Gasteiger partial charge is 0.493 e. The average molecular weight is 306 g/mol. The number of hydrogen-bond donors (Lipinski definition) is 1. The molecule has 0 heterocycles. The molecule has 3 nitrogen and oxygen atoms in total. The smallest absolute Gasteiger partial charge is 0.339 e. The molecule has 1 rings (SSSR count). The third-order valence-corrected chi connectivity index (χ3v) is 2.42. The van der Waals surface area contributed by atoms with Crippen molar-refractivity contribution in [3.63, 3.8) is 0 Å². The van der Waals surface area contributed by atoms with Gasteiger partial charge in [-0.05, 0) is 18.6 Å². The minimum atomic E-state index is -0.949. The predicted octanol–water partition coefficient (Wildman–Crippen LogP) is 2.59. The Morgan fingerprint density at radius 3 is 2.79 bits per heavy atom. The van der Waals surface area contributed by atoms with Crippen LogP contribution in [0.15, 0.2) is 24.3 Å². The van der Waals surface area contributed by atoms with Crippen LogP contribution in [-0.4, -0.2) is 22.1 Å². The lowest BCUT2D eigenvalue weighted by atomic mass is 10.2. The summed E-state index contributed by atoms with van der Waals surface area (Å²) in [4.78, 5) is 10.8. The molecule has 0 aliphatic heterocycles. The Morgan fingerprint density at radius 1 is 1.43 bits per heavy atom. The van der Waals surface area contributed by atoms with Gasteiger partial charge in [0.05, 0.1) is 6.61 Å². The van der Waals surface area contributed by atoms with Crippen molar-refractivity contribution in [3.05, 3.63) is 29.8 Å². The fraction of sp³-hybridized carbons (Fsp3) is 0.300. The molecule has 1 aromatic carbocycles. The van der Waals surface area contributed by atoms with Gasteiger partial charge in [0.15, 0.2) is 0 Å². The van der Waals surface area contributed by atoms with Crippen LogP contribution in [0.3, 0.4) is 0 Å². The number of carboxylic acid groups (broad SMARTS) is 1. The van der Waals surface area contributed by atoms with E-state index in [0.717, 1.165) is 10.8 Å². The van der Waals surface area contributed by atoms with Crippen LogP contribution in [0.5, 0.6) is 5.75 Å². The summed E-state index contributed by atoms with van der Waals surface area (Å²) in [5, 5.41) is 8.84. The molecule has 0 amide bonds. The monoisotopic (exact) mass is 306 g/mol. The molecule has 0 aromatic heterocycles. The van der Waals surface area contributed by atoms with E-state index in [1.54, 1.807) is 24.3 Å². The molecule has 0 saturated carbocycles. The van der Waals surface area contributed by atoms with Crippen LogP contribution in [0.25, 0.3) is 0 Å². The summed E-state index contributed by atoms with van der Waals surface area (Å²) in [6.45, 7) is 0.563. The van der Waals surface area contributed by atoms with Crippen LogP contribution in [0.2, 0.25) is 0 Å². The number of carbonyl (C=O) groups is 1. The van der Waals surface area contributed by atoms with E-state index in [1.807, 2.05) is 0 Å². The lowest BCUT2D eigenvalue weighted by Gasteiger charge is -2.07. The van der Waals surface area contributed by atoms with Crippen molar-refractivity contribution in [1.29, 1.82) is 0 Å². The summed E-state index contributed by atoms with van der Waals surface area (Å²) in [7, 11) is 0. The second-order valence-corrected chi connectivity index (χ2v) is 3.77. The van der Waals surface area contributed by atoms with Gasteiger partial charge in [0.1, 0.15) is 11.3 Å². The van der Waals surface area contributed by atoms with Crippen LogP contribution >= 0.6 is 22.6 Å². The molecule has 1 N–H and O–H groups in total. The van der Waals surface area contributed by atoms with Crippen LogP contribution in [0.1, 0.15) is 16.8 Å². The van der Waals surface area contributed by atoms with Crippen LogP contribution < -0.4 is 4.74 Å². The Kier molecular flexibility index (Phi) is 4.72. The lowest BCUT2D eigenvalue weighted by molar-refractivity contribution is 0.0692. The van der Waals surface area contributed by atoms with Crippen LogP contribution in [0, 0.1) is 0 Å². The SMILES string of the molecule is O=C(O)c1ccccc1OCCCI. The van der Waals surface area contributed by atoms with Crippen molar-refractivity contribution in [2.24, 2.45) is 0 Å². The van der Waals surface area contributed by atoms with Gasteiger partial charge in [-0.15, -0.1) is 0 Å². The Bertz CT molecular complexity index is 312. The van der Waals surface area contributed by atoms with Gasteiger partial charge in [0, 0.05) is 4.43 Å². The second kappa shape index (κ2) is 5.85. The fourth-order valence-corrected chi connectivity index (χ4v) is 1.32. The highest BCUT2D eigenvalue weighted by Crippen LogP contribution is 2.17. The van der Waals surface area contributed by atoms with Crippen molar-refractivity contribution in [2.45, 2.75) is 6.42 Å². The zero-order valence-electron chi connectivity index (χ0n) is 7.57. The number of halogens is 1. The number of hydrogen-bond acceptors (Lipinski definition) is 2. The summed E-state index contributed by atoms with van der Waals surface area (Å²) >= 11 is 2.26. The van der Waals surface area contributed by atoms with Gasteiger partial charge in [0.25, 0.3) is 0 Å². The first-order chi connectivity index (χ1) is 6.75. The molecule has 76 valence electrons. The minimum absolute atomic E-state index is 0.223. The molecule has 0 aliphatic carbocycles. The summed E-state index contributed by atoms with van der Waals surface area (Å²) in [6, 6.07) is 6.68. The topological polar surface area (TPSA) is 46.5 Å². The normalized spacial score (nSPS) is 9.79. The zero-order valence-corrected chi connectivity index (χ0v) is 9.73. The molecular formula is C10H11IO3. The van der Waals surface area contributed by atoms with Gasteiger partial charge in [-0.3, -0.25) is 0 Å². The van der Waals surface area contributed by atoms with Gasteiger partial charge >= 0.3 is 5.97 Å². The maximum absolute atomic E-state index is 10.8. The highest BCUT2D eigenvalue weighted by atomic mass is 127. The Hall–Kier alpha value is -0.780. The highest BCUT2D eigenvalue weighted by molar-refractivity contribution is 14.1. The minimum Gasteiger partial charge on any atom is -0.493 e. The van der Waals surface area contributed by atoms with Crippen molar-refractivity contribution in [2.75, 3.05) is 11.0 Å². The molecule has 1 aromatic rings. The molecular weight excluding hydrogens is 295 g/mol. The Morgan fingerprint density at radius 2 is 2.14 bits per heavy atom. The lowest BCUT2D eigenvalue weighted by Crippen LogP contribution is -2.04. The molecule has 0 atom stereocenters. The van der Waals surface area contributed by atoms with E-state index >= 15 is 0 Å². The molecule has 0 saturated heterocycles. The summed E-state index contributed by atoms with van der Waals surface area (Å²) in [5.74, 6) is -0.500. The Labute approximate surface area is 96.2 Å². The molecule has 0 fully saturated rings. The van der Waals surface area contributed by atoms with E-state index in [9.17, 15) is 4.79 Å². The Balaban J connectivity index is 2.69. The first-order valence-corrected chi connectivity index (χ1v) is 5.79. The van der Waals surface area contributed by atoms with Crippen LogP contribution in [-0.2, 0) is 0 Å². The fourth-order valence-electron chi connectivity index (χ4n) is 1.01. The number of rotatable bonds is 5. The van der Waals surface area contributed by atoms with E-state index in [4.69, 9.17) is 9.84 Å². The van der Waals surface area contributed by atoms with Gasteiger partial charge in [0.2, 0.25) is 0 Å². The number of para-hydroxylation sites is 1. The molecule has 14 heavy (non-hydrogen) atoms. The van der Waals surface area contributed by atoms with Crippen LogP contribution in [0.4, 0.5) is 0 Å². The third-order valence-electron chi connectivity index (χ3n) is 1.65. The molecule has 4 heteroatoms. The maximum atomic E-state index is 10.8. The number of aromatic carboxylic acids is 1. The zero-order chi connectivity index (χ0) is 10.4. The quantitative estimate of drug-likeness (QED) is 0.517. The van der Waals surface area contributed by atoms with E-state index in [1.165, 1.54) is 0 Å². The van der Waals surface area contributed by atoms with Crippen molar-refractivity contribution in [1.82, 2.24) is 0 Å². The molecule has 0 spiro atoms. The van der Waals surface area contributed by atoms with Crippen molar-refractivity contribution < 1.29 is 14.6 Å². The van der Waals surface area contributed by atoms with Crippen molar-refractivity contribution >= 4 is 28.6 Å². The van der Waals surface area contributed by atoms with E-state index in [-0.39, 0.29) is 5.56 Å². The van der Waals surface area contributed by atoms with E-state index in [0.29, 0.717) is 12.4 Å². The van der Waals surface area contributed by atoms with Crippen molar-refractivity contribution in [3.8, 4) is 5.75 Å². The average Bonchev–Trinajstić information content (AvgIpc) is 2.19.